The minimum Gasteiger partial charge on any atom is -0.493 e. The molecule has 1 unspecified atom stereocenters. The second-order valence-electron chi connectivity index (χ2n) is 9.41. The topological polar surface area (TPSA) is 129 Å². The summed E-state index contributed by atoms with van der Waals surface area (Å²) in [7, 11) is 3.01. The first-order valence-corrected chi connectivity index (χ1v) is 13.3. The second-order valence-corrected chi connectivity index (χ2v) is 9.41. The van der Waals surface area contributed by atoms with Crippen molar-refractivity contribution in [2.75, 3.05) is 27.4 Å². The number of ether oxygens (including phenoxy) is 4. The maximum absolute atomic E-state index is 13.0. The first kappa shape index (κ1) is 30.0. The first-order valence-electron chi connectivity index (χ1n) is 13.3. The van der Waals surface area contributed by atoms with Crippen LogP contribution in [0.15, 0.2) is 84.9 Å². The molecule has 0 bridgehead atoms. The number of hydrogen-bond acceptors (Lipinski definition) is 8. The molecule has 4 aromatic rings. The highest BCUT2D eigenvalue weighted by atomic mass is 16.6. The molecule has 1 heterocycles. The lowest BCUT2D eigenvalue weighted by Crippen LogP contribution is -2.52. The van der Waals surface area contributed by atoms with E-state index in [4.69, 9.17) is 18.9 Å². The summed E-state index contributed by atoms with van der Waals surface area (Å²) in [5.74, 6) is -0.719. The third-order valence-electron chi connectivity index (χ3n) is 6.55. The number of rotatable bonds is 13. The maximum atomic E-state index is 13.0. The number of aryl methyl sites for hydroxylation is 2. The van der Waals surface area contributed by atoms with Crippen LogP contribution in [-0.4, -0.2) is 60.4 Å². The van der Waals surface area contributed by atoms with Crippen molar-refractivity contribution < 1.29 is 33.6 Å². The lowest BCUT2D eigenvalue weighted by molar-refractivity contribution is -0.164. The Morgan fingerprint density at radius 2 is 1.40 bits per heavy atom. The fourth-order valence-electron chi connectivity index (χ4n) is 4.70. The Bertz CT molecular complexity index is 1450. The van der Waals surface area contributed by atoms with E-state index in [0.29, 0.717) is 39.6 Å². The first-order chi connectivity index (χ1) is 20.3. The third-order valence-corrected chi connectivity index (χ3v) is 6.55. The SMILES string of the molecule is COc1ccc(C(=O)NCCOC(c2ccccc2)(c2ccccc2)C(Oc2nc(C)cc(C)n2)C(=O)O)cc1OC. The zero-order valence-electron chi connectivity index (χ0n) is 23.9. The Hall–Kier alpha value is -4.96. The van der Waals surface area contributed by atoms with Crippen LogP contribution >= 0.6 is 0 Å². The van der Waals surface area contributed by atoms with Crippen LogP contribution in [0.2, 0.25) is 0 Å². The maximum Gasteiger partial charge on any atom is 0.348 e. The van der Waals surface area contributed by atoms with Crippen LogP contribution in [0.3, 0.4) is 0 Å². The molecule has 0 fully saturated rings. The largest absolute Gasteiger partial charge is 0.493 e. The Morgan fingerprint density at radius 3 is 1.93 bits per heavy atom. The number of carbonyl (C=O) groups is 2. The average molecular weight is 572 g/mol. The van der Waals surface area contributed by atoms with Gasteiger partial charge in [0.25, 0.3) is 5.91 Å². The summed E-state index contributed by atoms with van der Waals surface area (Å²) in [6.07, 6.45) is -1.59. The van der Waals surface area contributed by atoms with Crippen LogP contribution in [0.25, 0.3) is 0 Å². The molecule has 4 rings (SSSR count). The zero-order chi connectivity index (χ0) is 30.1. The quantitative estimate of drug-likeness (QED) is 0.225. The lowest BCUT2D eigenvalue weighted by Gasteiger charge is -2.39. The Balaban J connectivity index is 1.68. The van der Waals surface area contributed by atoms with E-state index in [0.717, 1.165) is 0 Å². The van der Waals surface area contributed by atoms with Gasteiger partial charge in [-0.15, -0.1) is 0 Å². The number of hydrogen-bond donors (Lipinski definition) is 2. The molecule has 1 amide bonds. The number of nitrogens with one attached hydrogen (secondary N) is 1. The Morgan fingerprint density at radius 1 is 0.833 bits per heavy atom. The van der Waals surface area contributed by atoms with E-state index in [1.165, 1.54) is 14.2 Å². The van der Waals surface area contributed by atoms with Crippen molar-refractivity contribution in [1.82, 2.24) is 15.3 Å². The van der Waals surface area contributed by atoms with E-state index in [9.17, 15) is 14.7 Å². The Labute approximate surface area is 244 Å². The summed E-state index contributed by atoms with van der Waals surface area (Å²) in [6, 6.07) is 24.4. The van der Waals surface area contributed by atoms with Crippen molar-refractivity contribution in [3.05, 3.63) is 113 Å². The number of amides is 1. The zero-order valence-corrected chi connectivity index (χ0v) is 23.9. The number of benzene rings is 3. The van der Waals surface area contributed by atoms with Gasteiger partial charge in [-0.1, -0.05) is 60.7 Å². The number of carbonyl (C=O) groups excluding carboxylic acids is 1. The van der Waals surface area contributed by atoms with E-state index in [1.54, 1.807) is 86.6 Å². The molecule has 0 aliphatic carbocycles. The molecule has 0 saturated carbocycles. The standard InChI is InChI=1S/C32H33N3O7/c1-21-19-22(2)35-31(34-21)42-28(30(37)38)32(24-11-7-5-8-12-24,25-13-9-6-10-14-25)41-18-17-33-29(36)23-15-16-26(39-3)27(20-23)40-4/h5-16,19-20,28H,17-18H2,1-4H3,(H,33,36)(H,37,38). The van der Waals surface area contributed by atoms with Gasteiger partial charge in [0.1, 0.15) is 0 Å². The summed E-state index contributed by atoms with van der Waals surface area (Å²) >= 11 is 0. The van der Waals surface area contributed by atoms with Crippen molar-refractivity contribution >= 4 is 11.9 Å². The highest BCUT2D eigenvalue weighted by Crippen LogP contribution is 2.39. The van der Waals surface area contributed by atoms with Crippen molar-refractivity contribution in [1.29, 1.82) is 0 Å². The van der Waals surface area contributed by atoms with E-state index in [-0.39, 0.29) is 25.1 Å². The van der Waals surface area contributed by atoms with Gasteiger partial charge in [-0.3, -0.25) is 4.79 Å². The highest BCUT2D eigenvalue weighted by Gasteiger charge is 2.50. The molecule has 1 aromatic heterocycles. The molecule has 0 aliphatic heterocycles. The van der Waals surface area contributed by atoms with Crippen LogP contribution < -0.4 is 19.5 Å². The van der Waals surface area contributed by atoms with Gasteiger partial charge in [0.2, 0.25) is 6.10 Å². The van der Waals surface area contributed by atoms with Gasteiger partial charge >= 0.3 is 12.0 Å². The summed E-state index contributed by atoms with van der Waals surface area (Å²) < 4.78 is 23.1. The van der Waals surface area contributed by atoms with Crippen LogP contribution in [-0.2, 0) is 15.1 Å². The molecule has 0 saturated heterocycles. The molecule has 0 aliphatic rings. The van der Waals surface area contributed by atoms with Crippen LogP contribution in [0.5, 0.6) is 17.5 Å². The number of methoxy groups -OCH3 is 2. The number of aromatic nitrogens is 2. The van der Waals surface area contributed by atoms with Gasteiger partial charge < -0.3 is 29.4 Å². The van der Waals surface area contributed by atoms with Gasteiger partial charge in [0.05, 0.1) is 20.8 Å². The fraction of sp³-hybridized carbons (Fsp3) is 0.250. The average Bonchev–Trinajstić information content (AvgIpc) is 3.00. The van der Waals surface area contributed by atoms with Gasteiger partial charge in [0.15, 0.2) is 17.1 Å². The van der Waals surface area contributed by atoms with Crippen molar-refractivity contribution in [2.24, 2.45) is 0 Å². The number of carboxylic acid groups (broad SMARTS) is 1. The van der Waals surface area contributed by atoms with Crippen LogP contribution in [0.4, 0.5) is 0 Å². The highest BCUT2D eigenvalue weighted by molar-refractivity contribution is 5.94. The molecule has 2 N–H and O–H groups in total. The monoisotopic (exact) mass is 571 g/mol. The summed E-state index contributed by atoms with van der Waals surface area (Å²) in [5, 5.41) is 13.4. The predicted octanol–water partition coefficient (Wildman–Crippen LogP) is 4.33. The molecule has 42 heavy (non-hydrogen) atoms. The molecule has 0 radical (unpaired) electrons. The normalized spacial score (nSPS) is 11.8. The van der Waals surface area contributed by atoms with E-state index >= 15 is 0 Å². The Kier molecular flexibility index (Phi) is 9.72. The number of nitrogens with zero attached hydrogens (tertiary/aromatic N) is 2. The third kappa shape index (κ3) is 6.67. The predicted molar refractivity (Wildman–Crippen MR) is 155 cm³/mol. The van der Waals surface area contributed by atoms with E-state index in [1.807, 2.05) is 12.1 Å². The smallest absolute Gasteiger partial charge is 0.348 e. The molecular formula is C32H33N3O7. The van der Waals surface area contributed by atoms with Crippen molar-refractivity contribution in [3.8, 4) is 17.5 Å². The molecule has 218 valence electrons. The van der Waals surface area contributed by atoms with Crippen LogP contribution in [0, 0.1) is 13.8 Å². The molecule has 10 nitrogen and oxygen atoms in total. The molecule has 1 atom stereocenters. The molecule has 3 aromatic carbocycles. The summed E-state index contributed by atoms with van der Waals surface area (Å²) in [6.45, 7) is 3.57. The lowest BCUT2D eigenvalue weighted by atomic mass is 9.81. The van der Waals surface area contributed by atoms with Gasteiger partial charge in [0, 0.05) is 23.5 Å². The number of carboxylic acids is 1. The summed E-state index contributed by atoms with van der Waals surface area (Å²) in [5.41, 5.74) is 1.07. The molecular weight excluding hydrogens is 538 g/mol. The van der Waals surface area contributed by atoms with Gasteiger partial charge in [-0.25, -0.2) is 14.8 Å². The minimum atomic E-state index is -1.64. The van der Waals surface area contributed by atoms with E-state index < -0.39 is 17.7 Å². The van der Waals surface area contributed by atoms with Gasteiger partial charge in [-0.2, -0.15) is 0 Å². The fourth-order valence-corrected chi connectivity index (χ4v) is 4.70. The van der Waals surface area contributed by atoms with Crippen LogP contribution in [0.1, 0.15) is 32.9 Å². The van der Waals surface area contributed by atoms with Crippen molar-refractivity contribution in [2.45, 2.75) is 25.6 Å². The molecule has 0 spiro atoms. The summed E-state index contributed by atoms with van der Waals surface area (Å²) in [4.78, 5) is 34.5. The minimum absolute atomic E-state index is 0.0519. The second kappa shape index (κ2) is 13.6. The molecule has 10 heteroatoms. The van der Waals surface area contributed by atoms with Gasteiger partial charge in [-0.05, 0) is 49.2 Å². The number of aliphatic carboxylic acids is 1. The van der Waals surface area contributed by atoms with E-state index in [2.05, 4.69) is 15.3 Å². The van der Waals surface area contributed by atoms with Crippen molar-refractivity contribution in [3.63, 3.8) is 0 Å².